The van der Waals surface area contributed by atoms with Crippen LogP contribution in [0.1, 0.15) is 29.5 Å². The van der Waals surface area contributed by atoms with Crippen LogP contribution in [0.25, 0.3) is 11.1 Å². The number of carbonyl (C=O) groups is 2. The Labute approximate surface area is 235 Å². The highest BCUT2D eigenvalue weighted by molar-refractivity contribution is 5.91. The number of nitrogens with zero attached hydrogens (tertiary/aromatic N) is 5. The summed E-state index contributed by atoms with van der Waals surface area (Å²) >= 11 is 0. The van der Waals surface area contributed by atoms with Gasteiger partial charge in [0.2, 0.25) is 11.8 Å². The average Bonchev–Trinajstić information content (AvgIpc) is 3.43. The lowest BCUT2D eigenvalue weighted by Crippen LogP contribution is -2.26. The fourth-order valence-electron chi connectivity index (χ4n) is 3.80. The maximum Gasteiger partial charge on any atom is 0.243 e. The second-order valence-electron chi connectivity index (χ2n) is 9.55. The molecule has 0 aliphatic carbocycles. The van der Waals surface area contributed by atoms with Crippen molar-refractivity contribution >= 4 is 17.6 Å². The molecule has 2 aromatic carbocycles. The molecule has 40 heavy (non-hydrogen) atoms. The Balaban J connectivity index is 0.000000285. The molecule has 0 radical (unpaired) electrons. The summed E-state index contributed by atoms with van der Waals surface area (Å²) in [6, 6.07) is 23.0. The first-order chi connectivity index (χ1) is 19.3. The number of hydrogen-bond donors (Lipinski definition) is 2. The summed E-state index contributed by atoms with van der Waals surface area (Å²) in [5.41, 5.74) is 4.66. The van der Waals surface area contributed by atoms with E-state index in [1.54, 1.807) is 43.4 Å². The van der Waals surface area contributed by atoms with Crippen molar-refractivity contribution in [2.75, 3.05) is 33.0 Å². The maximum absolute atomic E-state index is 12.1. The van der Waals surface area contributed by atoms with Gasteiger partial charge in [-0.3, -0.25) is 14.3 Å². The van der Waals surface area contributed by atoms with E-state index in [2.05, 4.69) is 33.7 Å². The van der Waals surface area contributed by atoms with E-state index >= 15 is 0 Å². The molecule has 0 spiro atoms. The van der Waals surface area contributed by atoms with Gasteiger partial charge in [-0.2, -0.15) is 10.4 Å². The number of nitriles is 1. The van der Waals surface area contributed by atoms with Crippen LogP contribution >= 0.6 is 0 Å². The summed E-state index contributed by atoms with van der Waals surface area (Å²) < 4.78 is 1.59. The largest absolute Gasteiger partial charge is 0.347 e. The molecule has 4 rings (SSSR count). The molecule has 0 saturated heterocycles. The Bertz CT molecular complexity index is 1410. The van der Waals surface area contributed by atoms with Crippen molar-refractivity contribution in [1.29, 1.82) is 5.26 Å². The van der Waals surface area contributed by atoms with Gasteiger partial charge in [0.1, 0.15) is 12.4 Å². The lowest BCUT2D eigenvalue weighted by molar-refractivity contribution is -0.129. The van der Waals surface area contributed by atoms with E-state index in [-0.39, 0.29) is 18.4 Å². The van der Waals surface area contributed by atoms with Crippen molar-refractivity contribution in [3.05, 3.63) is 102 Å². The molecular weight excluding hydrogens is 502 g/mol. The van der Waals surface area contributed by atoms with Crippen molar-refractivity contribution in [2.24, 2.45) is 0 Å². The van der Waals surface area contributed by atoms with Crippen LogP contribution in [-0.2, 0) is 22.6 Å². The standard InChI is InChI=1S/C20H21N5O2.C11H14N2/c1-24(2)20(27)14-25-13-17(12-22-25)16-8-9-18(21-11-16)23-19(26)10-15-6-4-3-5-7-15;1-9(8-13-2)11-5-3-10(7-12)4-6-11/h3-9,11-13H,10,14H2,1-2H3,(H,21,23,26);3-6,9,13H,8H2,1-2H3. The SMILES string of the molecule is CN(C)C(=O)Cn1cc(-c2ccc(NC(=O)Cc3ccccc3)nc2)cn1.CNCC(C)c1ccc(C#N)cc1. The third-order valence-corrected chi connectivity index (χ3v) is 6.12. The molecule has 9 nitrogen and oxygen atoms in total. The zero-order chi connectivity index (χ0) is 28.9. The van der Waals surface area contributed by atoms with Crippen LogP contribution < -0.4 is 10.6 Å². The highest BCUT2D eigenvalue weighted by Gasteiger charge is 2.09. The van der Waals surface area contributed by atoms with E-state index in [1.165, 1.54) is 10.5 Å². The molecular formula is C31H35N7O2. The number of amides is 2. The topological polar surface area (TPSA) is 116 Å². The van der Waals surface area contributed by atoms with Gasteiger partial charge in [0, 0.05) is 44.2 Å². The third kappa shape index (κ3) is 9.19. The van der Waals surface area contributed by atoms with Gasteiger partial charge in [-0.05, 0) is 48.4 Å². The van der Waals surface area contributed by atoms with Gasteiger partial charge in [0.25, 0.3) is 0 Å². The molecule has 0 aliphatic heterocycles. The summed E-state index contributed by atoms with van der Waals surface area (Å²) in [6.07, 6.45) is 5.46. The van der Waals surface area contributed by atoms with Crippen molar-refractivity contribution in [1.82, 2.24) is 25.0 Å². The third-order valence-electron chi connectivity index (χ3n) is 6.12. The molecule has 2 heterocycles. The number of aromatic nitrogens is 3. The Morgan fingerprint density at radius 2 is 1.73 bits per heavy atom. The zero-order valence-electron chi connectivity index (χ0n) is 23.3. The molecule has 0 bridgehead atoms. The molecule has 1 unspecified atom stereocenters. The smallest absolute Gasteiger partial charge is 0.243 e. The number of rotatable bonds is 9. The molecule has 0 saturated carbocycles. The Morgan fingerprint density at radius 1 is 1.00 bits per heavy atom. The van der Waals surface area contributed by atoms with Gasteiger partial charge in [-0.15, -0.1) is 0 Å². The van der Waals surface area contributed by atoms with Gasteiger partial charge in [-0.1, -0.05) is 49.4 Å². The van der Waals surface area contributed by atoms with Gasteiger partial charge in [0.15, 0.2) is 0 Å². The second kappa shape index (κ2) is 15.0. The number of hydrogen-bond acceptors (Lipinski definition) is 6. The molecule has 4 aromatic rings. The molecule has 0 fully saturated rings. The first kappa shape index (κ1) is 29.7. The number of likely N-dealkylation sites (N-methyl/N-ethyl adjacent to an activating group) is 2. The maximum atomic E-state index is 12.1. The minimum atomic E-state index is -0.114. The number of pyridine rings is 1. The highest BCUT2D eigenvalue weighted by atomic mass is 16.2. The van der Waals surface area contributed by atoms with E-state index < -0.39 is 0 Å². The van der Waals surface area contributed by atoms with Gasteiger partial charge < -0.3 is 15.5 Å². The summed E-state index contributed by atoms with van der Waals surface area (Å²) in [4.78, 5) is 29.7. The Morgan fingerprint density at radius 3 is 2.33 bits per heavy atom. The monoisotopic (exact) mass is 537 g/mol. The van der Waals surface area contributed by atoms with E-state index in [4.69, 9.17) is 5.26 Å². The summed E-state index contributed by atoms with van der Waals surface area (Å²) in [7, 11) is 5.36. The van der Waals surface area contributed by atoms with Crippen LogP contribution in [0.4, 0.5) is 5.82 Å². The minimum absolute atomic E-state index is 0.0285. The number of benzene rings is 2. The van der Waals surface area contributed by atoms with Crippen molar-refractivity contribution < 1.29 is 9.59 Å². The van der Waals surface area contributed by atoms with Gasteiger partial charge in [0.05, 0.1) is 24.3 Å². The molecule has 9 heteroatoms. The fourth-order valence-corrected chi connectivity index (χ4v) is 3.80. The second-order valence-corrected chi connectivity index (χ2v) is 9.55. The molecule has 2 amide bonds. The Hall–Kier alpha value is -4.81. The number of carbonyl (C=O) groups excluding carboxylic acids is 2. The van der Waals surface area contributed by atoms with Crippen LogP contribution in [0.2, 0.25) is 0 Å². The summed E-state index contributed by atoms with van der Waals surface area (Å²) in [5.74, 6) is 0.850. The quantitative estimate of drug-likeness (QED) is 0.332. The molecule has 2 N–H and O–H groups in total. The van der Waals surface area contributed by atoms with Crippen molar-refractivity contribution in [3.63, 3.8) is 0 Å². The predicted molar refractivity (Wildman–Crippen MR) is 156 cm³/mol. The van der Waals surface area contributed by atoms with Crippen molar-refractivity contribution in [3.8, 4) is 17.2 Å². The van der Waals surface area contributed by atoms with Crippen LogP contribution in [-0.4, -0.2) is 59.2 Å². The lowest BCUT2D eigenvalue weighted by atomic mass is 10.0. The molecule has 1 atom stereocenters. The molecule has 2 aromatic heterocycles. The first-order valence-corrected chi connectivity index (χ1v) is 13.0. The van der Waals surface area contributed by atoms with E-state index in [9.17, 15) is 9.59 Å². The Kier molecular flexibility index (Phi) is 11.1. The number of anilines is 1. The van der Waals surface area contributed by atoms with Crippen LogP contribution in [0.15, 0.2) is 85.3 Å². The first-order valence-electron chi connectivity index (χ1n) is 13.0. The van der Waals surface area contributed by atoms with E-state index in [0.29, 0.717) is 18.2 Å². The molecule has 0 aliphatic rings. The summed E-state index contributed by atoms with van der Waals surface area (Å²) in [6.45, 7) is 3.32. The predicted octanol–water partition coefficient (Wildman–Crippen LogP) is 4.10. The number of nitrogens with one attached hydrogen (secondary N) is 2. The van der Waals surface area contributed by atoms with Crippen LogP contribution in [0, 0.1) is 11.3 Å². The van der Waals surface area contributed by atoms with E-state index in [1.807, 2.05) is 67.7 Å². The van der Waals surface area contributed by atoms with Crippen molar-refractivity contribution in [2.45, 2.75) is 25.8 Å². The summed E-state index contributed by atoms with van der Waals surface area (Å²) in [5, 5.41) is 18.7. The van der Waals surface area contributed by atoms with Crippen LogP contribution in [0.3, 0.4) is 0 Å². The lowest BCUT2D eigenvalue weighted by Gasteiger charge is -2.10. The van der Waals surface area contributed by atoms with Gasteiger partial charge >= 0.3 is 0 Å². The highest BCUT2D eigenvalue weighted by Crippen LogP contribution is 2.19. The molecule has 206 valence electrons. The van der Waals surface area contributed by atoms with Gasteiger partial charge in [-0.25, -0.2) is 4.98 Å². The average molecular weight is 538 g/mol. The minimum Gasteiger partial charge on any atom is -0.347 e. The normalized spacial score (nSPS) is 11.0. The van der Waals surface area contributed by atoms with Crippen LogP contribution in [0.5, 0.6) is 0 Å². The fraction of sp³-hybridized carbons (Fsp3) is 0.258. The van der Waals surface area contributed by atoms with E-state index in [0.717, 1.165) is 28.8 Å². The zero-order valence-corrected chi connectivity index (χ0v) is 23.3.